The van der Waals surface area contributed by atoms with Gasteiger partial charge in [-0.1, -0.05) is 28.1 Å². The third-order valence-electron chi connectivity index (χ3n) is 3.35. The van der Waals surface area contributed by atoms with E-state index in [2.05, 4.69) is 57.3 Å². The first-order valence-electron chi connectivity index (χ1n) is 6.52. The first kappa shape index (κ1) is 14.0. The largest absolute Gasteiger partial charge is 0.379 e. The van der Waals surface area contributed by atoms with E-state index in [0.29, 0.717) is 6.04 Å². The summed E-state index contributed by atoms with van der Waals surface area (Å²) in [6.07, 6.45) is 0. The number of morpholine rings is 1. The number of rotatable bonds is 5. The number of nitrogens with one attached hydrogen (secondary N) is 1. The van der Waals surface area contributed by atoms with Crippen LogP contribution >= 0.6 is 15.9 Å². The molecule has 0 bridgehead atoms. The lowest BCUT2D eigenvalue weighted by Crippen LogP contribution is -2.46. The number of hydrogen-bond acceptors (Lipinski definition) is 3. The number of benzene rings is 1. The van der Waals surface area contributed by atoms with Crippen molar-refractivity contribution in [2.45, 2.75) is 19.5 Å². The molecule has 2 rings (SSSR count). The summed E-state index contributed by atoms with van der Waals surface area (Å²) in [6, 6.07) is 9.04. The van der Waals surface area contributed by atoms with Crippen LogP contribution in [-0.4, -0.2) is 43.8 Å². The Balaban J connectivity index is 1.69. The Morgan fingerprint density at radius 3 is 2.61 bits per heavy atom. The van der Waals surface area contributed by atoms with Crippen molar-refractivity contribution in [3.05, 3.63) is 34.3 Å². The van der Waals surface area contributed by atoms with Crippen LogP contribution in [0.3, 0.4) is 0 Å². The first-order chi connectivity index (χ1) is 8.75. The molecule has 0 spiro atoms. The number of halogens is 1. The summed E-state index contributed by atoms with van der Waals surface area (Å²) in [7, 11) is 0. The Morgan fingerprint density at radius 2 is 1.94 bits per heavy atom. The fourth-order valence-electron chi connectivity index (χ4n) is 2.17. The highest BCUT2D eigenvalue weighted by Crippen LogP contribution is 2.10. The normalized spacial score (nSPS) is 18.8. The van der Waals surface area contributed by atoms with Gasteiger partial charge in [-0.05, 0) is 24.6 Å². The first-order valence-corrected chi connectivity index (χ1v) is 7.32. The molecule has 1 aromatic rings. The van der Waals surface area contributed by atoms with Gasteiger partial charge in [-0.25, -0.2) is 0 Å². The van der Waals surface area contributed by atoms with E-state index in [1.807, 2.05) is 0 Å². The van der Waals surface area contributed by atoms with Gasteiger partial charge in [-0.2, -0.15) is 0 Å². The molecule has 1 fully saturated rings. The van der Waals surface area contributed by atoms with Crippen LogP contribution in [0.25, 0.3) is 0 Å². The second-order valence-electron chi connectivity index (χ2n) is 4.75. The SMILES string of the molecule is CC(CNCc1ccc(Br)cc1)N1CCOCC1. The Hall–Kier alpha value is -0.420. The summed E-state index contributed by atoms with van der Waals surface area (Å²) < 4.78 is 6.50. The van der Waals surface area contributed by atoms with Gasteiger partial charge < -0.3 is 10.1 Å². The van der Waals surface area contributed by atoms with Crippen LogP contribution in [0.1, 0.15) is 12.5 Å². The smallest absolute Gasteiger partial charge is 0.0594 e. The lowest BCUT2D eigenvalue weighted by Gasteiger charge is -2.32. The van der Waals surface area contributed by atoms with Gasteiger partial charge in [-0.15, -0.1) is 0 Å². The lowest BCUT2D eigenvalue weighted by molar-refractivity contribution is 0.0203. The van der Waals surface area contributed by atoms with E-state index in [1.165, 1.54) is 5.56 Å². The molecule has 4 heteroatoms. The molecule has 1 aliphatic rings. The van der Waals surface area contributed by atoms with E-state index in [4.69, 9.17) is 4.74 Å². The predicted octanol–water partition coefficient (Wildman–Crippen LogP) is 2.26. The van der Waals surface area contributed by atoms with E-state index >= 15 is 0 Å². The van der Waals surface area contributed by atoms with Crippen LogP contribution < -0.4 is 5.32 Å². The van der Waals surface area contributed by atoms with Gasteiger partial charge in [0.25, 0.3) is 0 Å². The number of nitrogens with zero attached hydrogens (tertiary/aromatic N) is 1. The molecule has 1 atom stereocenters. The Morgan fingerprint density at radius 1 is 1.28 bits per heavy atom. The van der Waals surface area contributed by atoms with E-state index in [0.717, 1.165) is 43.9 Å². The summed E-state index contributed by atoms with van der Waals surface area (Å²) in [6.45, 7) is 8.09. The van der Waals surface area contributed by atoms with Gasteiger partial charge in [0.2, 0.25) is 0 Å². The standard InChI is InChI=1S/C14H21BrN2O/c1-12(17-6-8-18-9-7-17)10-16-11-13-2-4-14(15)5-3-13/h2-5,12,16H,6-11H2,1H3. The average molecular weight is 313 g/mol. The summed E-state index contributed by atoms with van der Waals surface area (Å²) in [5.74, 6) is 0. The Labute approximate surface area is 118 Å². The van der Waals surface area contributed by atoms with Crippen molar-refractivity contribution >= 4 is 15.9 Å². The van der Waals surface area contributed by atoms with Gasteiger partial charge in [0.15, 0.2) is 0 Å². The van der Waals surface area contributed by atoms with Crippen molar-refractivity contribution in [1.82, 2.24) is 10.2 Å². The third kappa shape index (κ3) is 4.35. The molecular weight excluding hydrogens is 292 g/mol. The fourth-order valence-corrected chi connectivity index (χ4v) is 2.44. The second kappa shape index (κ2) is 7.24. The van der Waals surface area contributed by atoms with E-state index in [9.17, 15) is 0 Å². The van der Waals surface area contributed by atoms with Crippen LogP contribution in [0.2, 0.25) is 0 Å². The lowest BCUT2D eigenvalue weighted by atomic mass is 10.2. The van der Waals surface area contributed by atoms with Gasteiger partial charge in [0.1, 0.15) is 0 Å². The second-order valence-corrected chi connectivity index (χ2v) is 5.67. The molecule has 1 heterocycles. The van der Waals surface area contributed by atoms with Crippen molar-refractivity contribution in [3.63, 3.8) is 0 Å². The van der Waals surface area contributed by atoms with Gasteiger partial charge in [0.05, 0.1) is 13.2 Å². The molecule has 0 aromatic heterocycles. The quantitative estimate of drug-likeness (QED) is 0.902. The predicted molar refractivity (Wildman–Crippen MR) is 77.7 cm³/mol. The minimum Gasteiger partial charge on any atom is -0.379 e. The maximum atomic E-state index is 5.37. The summed E-state index contributed by atoms with van der Waals surface area (Å²) in [5, 5.41) is 3.52. The molecule has 0 saturated carbocycles. The number of hydrogen-bond donors (Lipinski definition) is 1. The summed E-state index contributed by atoms with van der Waals surface area (Å²) in [5.41, 5.74) is 1.33. The van der Waals surface area contributed by atoms with E-state index in [1.54, 1.807) is 0 Å². The zero-order valence-corrected chi connectivity index (χ0v) is 12.4. The minimum absolute atomic E-state index is 0.573. The molecular formula is C14H21BrN2O. The number of ether oxygens (including phenoxy) is 1. The van der Waals surface area contributed by atoms with Crippen molar-refractivity contribution < 1.29 is 4.74 Å². The fraction of sp³-hybridized carbons (Fsp3) is 0.571. The van der Waals surface area contributed by atoms with Crippen molar-refractivity contribution in [1.29, 1.82) is 0 Å². The molecule has 100 valence electrons. The van der Waals surface area contributed by atoms with Crippen LogP contribution in [0.5, 0.6) is 0 Å². The zero-order chi connectivity index (χ0) is 12.8. The highest BCUT2D eigenvalue weighted by molar-refractivity contribution is 9.10. The highest BCUT2D eigenvalue weighted by atomic mass is 79.9. The van der Waals surface area contributed by atoms with E-state index < -0.39 is 0 Å². The molecule has 1 saturated heterocycles. The van der Waals surface area contributed by atoms with E-state index in [-0.39, 0.29) is 0 Å². The minimum atomic E-state index is 0.573. The van der Waals surface area contributed by atoms with Crippen LogP contribution in [0.4, 0.5) is 0 Å². The molecule has 3 nitrogen and oxygen atoms in total. The molecule has 1 unspecified atom stereocenters. The topological polar surface area (TPSA) is 24.5 Å². The molecule has 1 aliphatic heterocycles. The average Bonchev–Trinajstić information content (AvgIpc) is 2.42. The van der Waals surface area contributed by atoms with Gasteiger partial charge in [0, 0.05) is 36.7 Å². The molecule has 1 N–H and O–H groups in total. The maximum Gasteiger partial charge on any atom is 0.0594 e. The third-order valence-corrected chi connectivity index (χ3v) is 3.88. The highest BCUT2D eigenvalue weighted by Gasteiger charge is 2.16. The maximum absolute atomic E-state index is 5.37. The molecule has 18 heavy (non-hydrogen) atoms. The zero-order valence-electron chi connectivity index (χ0n) is 10.9. The molecule has 0 aliphatic carbocycles. The van der Waals surface area contributed by atoms with Crippen molar-refractivity contribution in [2.24, 2.45) is 0 Å². The summed E-state index contributed by atoms with van der Waals surface area (Å²) >= 11 is 3.45. The molecule has 0 radical (unpaired) electrons. The van der Waals surface area contributed by atoms with Crippen molar-refractivity contribution in [2.75, 3.05) is 32.8 Å². The van der Waals surface area contributed by atoms with Crippen LogP contribution in [-0.2, 0) is 11.3 Å². The molecule has 1 aromatic carbocycles. The van der Waals surface area contributed by atoms with Gasteiger partial charge >= 0.3 is 0 Å². The Kier molecular flexibility index (Phi) is 5.63. The van der Waals surface area contributed by atoms with Gasteiger partial charge in [-0.3, -0.25) is 4.90 Å². The van der Waals surface area contributed by atoms with Crippen LogP contribution in [0.15, 0.2) is 28.7 Å². The monoisotopic (exact) mass is 312 g/mol. The summed E-state index contributed by atoms with van der Waals surface area (Å²) in [4.78, 5) is 2.48. The molecule has 0 amide bonds. The Bertz CT molecular complexity index is 349. The van der Waals surface area contributed by atoms with Crippen molar-refractivity contribution in [3.8, 4) is 0 Å². The van der Waals surface area contributed by atoms with Crippen LogP contribution in [0, 0.1) is 0 Å².